The fourth-order valence-electron chi connectivity index (χ4n) is 2.10. The van der Waals surface area contributed by atoms with Crippen LogP contribution in [0.5, 0.6) is 0 Å². The minimum Gasteiger partial charge on any atom is -0.455 e. The van der Waals surface area contributed by atoms with Crippen molar-refractivity contribution in [2.45, 2.75) is 24.9 Å². The molecule has 0 amide bonds. The molecule has 0 aromatic heterocycles. The van der Waals surface area contributed by atoms with Crippen molar-refractivity contribution < 1.29 is 19.4 Å². The summed E-state index contributed by atoms with van der Waals surface area (Å²) in [6.45, 7) is 0.0315. The summed E-state index contributed by atoms with van der Waals surface area (Å²) in [5.74, 6) is -1.77. The molecule has 1 fully saturated rings. The van der Waals surface area contributed by atoms with E-state index in [1.807, 2.05) is 30.3 Å². The van der Waals surface area contributed by atoms with E-state index in [1.54, 1.807) is 0 Å². The van der Waals surface area contributed by atoms with Crippen molar-refractivity contribution in [1.29, 1.82) is 0 Å². The molecule has 2 atom stereocenters. The second kappa shape index (κ2) is 5.10. The maximum absolute atomic E-state index is 11.7. The van der Waals surface area contributed by atoms with Crippen LogP contribution in [0.2, 0.25) is 0 Å². The van der Waals surface area contributed by atoms with Gasteiger partial charge in [0.1, 0.15) is 6.10 Å². The lowest BCUT2D eigenvalue weighted by Gasteiger charge is -2.15. The van der Waals surface area contributed by atoms with Crippen LogP contribution in [0.15, 0.2) is 30.3 Å². The summed E-state index contributed by atoms with van der Waals surface area (Å²) in [6, 6.07) is 9.14. The second-order valence-corrected chi connectivity index (χ2v) is 4.06. The van der Waals surface area contributed by atoms with Gasteiger partial charge < -0.3 is 9.84 Å². The lowest BCUT2D eigenvalue weighted by Crippen LogP contribution is -2.19. The predicted octanol–water partition coefficient (Wildman–Crippen LogP) is 1.04. The quantitative estimate of drug-likeness (QED) is 0.624. The third-order valence-electron chi connectivity index (χ3n) is 2.92. The summed E-state index contributed by atoms with van der Waals surface area (Å²) in [7, 11) is 0. The number of hydrogen-bond donors (Lipinski definition) is 1. The molecule has 0 saturated carbocycles. The van der Waals surface area contributed by atoms with Crippen molar-refractivity contribution in [1.82, 2.24) is 0 Å². The van der Waals surface area contributed by atoms with E-state index in [2.05, 4.69) is 0 Å². The van der Waals surface area contributed by atoms with Crippen molar-refractivity contribution in [3.63, 3.8) is 0 Å². The molecule has 4 nitrogen and oxygen atoms in total. The Labute approximate surface area is 99.2 Å². The number of benzene rings is 1. The second-order valence-electron chi connectivity index (χ2n) is 4.06. The van der Waals surface area contributed by atoms with E-state index in [1.165, 1.54) is 0 Å². The number of cyclic esters (lactones) is 1. The predicted molar refractivity (Wildman–Crippen MR) is 60.4 cm³/mol. The highest BCUT2D eigenvalue weighted by molar-refractivity contribution is 6.37. The summed E-state index contributed by atoms with van der Waals surface area (Å²) >= 11 is 0. The number of rotatable bonds is 4. The topological polar surface area (TPSA) is 63.6 Å². The third kappa shape index (κ3) is 2.36. The smallest absolute Gasteiger partial charge is 0.375 e. The van der Waals surface area contributed by atoms with Crippen molar-refractivity contribution >= 4 is 11.8 Å². The zero-order chi connectivity index (χ0) is 12.3. The van der Waals surface area contributed by atoms with E-state index < -0.39 is 23.8 Å². The van der Waals surface area contributed by atoms with Crippen LogP contribution in [0.4, 0.5) is 0 Å². The monoisotopic (exact) mass is 234 g/mol. The van der Waals surface area contributed by atoms with Gasteiger partial charge in [0.05, 0.1) is 5.92 Å². The van der Waals surface area contributed by atoms with Gasteiger partial charge in [-0.25, -0.2) is 4.79 Å². The Morgan fingerprint density at radius 2 is 1.88 bits per heavy atom. The molecule has 1 aliphatic heterocycles. The summed E-state index contributed by atoms with van der Waals surface area (Å²) in [5.41, 5.74) is 0.797. The van der Waals surface area contributed by atoms with Gasteiger partial charge in [-0.2, -0.15) is 0 Å². The normalized spacial score (nSPS) is 23.8. The third-order valence-corrected chi connectivity index (χ3v) is 2.92. The molecule has 0 spiro atoms. The zero-order valence-corrected chi connectivity index (χ0v) is 9.33. The van der Waals surface area contributed by atoms with Crippen LogP contribution >= 0.6 is 0 Å². The first-order valence-corrected chi connectivity index (χ1v) is 5.64. The Kier molecular flexibility index (Phi) is 3.54. The minimum absolute atomic E-state index is 0.0315. The minimum atomic E-state index is -0.762. The lowest BCUT2D eigenvalue weighted by atomic mass is 9.89. The molecule has 0 bridgehead atoms. The van der Waals surface area contributed by atoms with E-state index in [0.29, 0.717) is 12.8 Å². The molecule has 1 aromatic carbocycles. The Bertz CT molecular complexity index is 413. The molecule has 1 aliphatic rings. The molecule has 17 heavy (non-hydrogen) atoms. The molecular weight excluding hydrogens is 220 g/mol. The number of carbonyl (C=O) groups excluding carboxylic acids is 2. The first-order chi connectivity index (χ1) is 8.24. The Hall–Kier alpha value is -1.68. The van der Waals surface area contributed by atoms with E-state index in [9.17, 15) is 9.59 Å². The SMILES string of the molecule is O=C1OC(CCCO)C(c2ccccc2)C1=O. The first kappa shape index (κ1) is 11.8. The van der Waals surface area contributed by atoms with Crippen molar-refractivity contribution in [2.24, 2.45) is 0 Å². The van der Waals surface area contributed by atoms with Gasteiger partial charge >= 0.3 is 5.97 Å². The molecule has 0 aliphatic carbocycles. The van der Waals surface area contributed by atoms with E-state index in [-0.39, 0.29) is 6.61 Å². The van der Waals surface area contributed by atoms with Crippen LogP contribution in [-0.4, -0.2) is 29.6 Å². The highest BCUT2D eigenvalue weighted by atomic mass is 16.6. The van der Waals surface area contributed by atoms with Gasteiger partial charge in [-0.15, -0.1) is 0 Å². The van der Waals surface area contributed by atoms with Crippen LogP contribution in [0.3, 0.4) is 0 Å². The number of Topliss-reactive ketones (excluding diaryl/α,β-unsaturated/α-hetero) is 1. The largest absolute Gasteiger partial charge is 0.455 e. The van der Waals surface area contributed by atoms with Crippen molar-refractivity contribution in [2.75, 3.05) is 6.61 Å². The molecule has 1 saturated heterocycles. The van der Waals surface area contributed by atoms with Crippen LogP contribution in [-0.2, 0) is 14.3 Å². The fourth-order valence-corrected chi connectivity index (χ4v) is 2.10. The lowest BCUT2D eigenvalue weighted by molar-refractivity contribution is -0.149. The average Bonchev–Trinajstić information content (AvgIpc) is 2.64. The molecule has 1 N–H and O–H groups in total. The number of ether oxygens (including phenoxy) is 1. The number of ketones is 1. The number of carbonyl (C=O) groups is 2. The summed E-state index contributed by atoms with van der Waals surface area (Å²) in [5, 5.41) is 8.79. The van der Waals surface area contributed by atoms with Gasteiger partial charge in [-0.05, 0) is 18.4 Å². The van der Waals surface area contributed by atoms with Crippen molar-refractivity contribution in [3.8, 4) is 0 Å². The molecule has 4 heteroatoms. The van der Waals surface area contributed by atoms with E-state index in [0.717, 1.165) is 5.56 Å². The number of aliphatic hydroxyl groups is 1. The maximum atomic E-state index is 11.7. The molecular formula is C13H14O4. The van der Waals surface area contributed by atoms with Gasteiger partial charge in [0, 0.05) is 6.61 Å². The molecule has 1 aromatic rings. The Morgan fingerprint density at radius 1 is 1.18 bits per heavy atom. The van der Waals surface area contributed by atoms with Gasteiger partial charge in [0.25, 0.3) is 5.78 Å². The van der Waals surface area contributed by atoms with Gasteiger partial charge in [0.15, 0.2) is 0 Å². The van der Waals surface area contributed by atoms with E-state index in [4.69, 9.17) is 9.84 Å². The van der Waals surface area contributed by atoms with Crippen molar-refractivity contribution in [3.05, 3.63) is 35.9 Å². The molecule has 2 unspecified atom stereocenters. The van der Waals surface area contributed by atoms with Crippen LogP contribution < -0.4 is 0 Å². The van der Waals surface area contributed by atoms with Gasteiger partial charge in [0.2, 0.25) is 0 Å². The molecule has 0 radical (unpaired) electrons. The van der Waals surface area contributed by atoms with E-state index >= 15 is 0 Å². The number of hydrogen-bond acceptors (Lipinski definition) is 4. The van der Waals surface area contributed by atoms with Gasteiger partial charge in [-0.3, -0.25) is 4.79 Å². The Morgan fingerprint density at radius 3 is 2.53 bits per heavy atom. The zero-order valence-electron chi connectivity index (χ0n) is 9.33. The number of esters is 1. The highest BCUT2D eigenvalue weighted by Crippen LogP contribution is 2.31. The standard InChI is InChI=1S/C13H14O4/c14-8-4-7-10-11(12(15)13(16)17-10)9-5-2-1-3-6-9/h1-3,5-6,10-11,14H,4,7-8H2. The Balaban J connectivity index is 2.22. The maximum Gasteiger partial charge on any atom is 0.375 e. The molecule has 1 heterocycles. The molecule has 2 rings (SSSR count). The summed E-state index contributed by atoms with van der Waals surface area (Å²) < 4.78 is 5.04. The first-order valence-electron chi connectivity index (χ1n) is 5.64. The number of aliphatic hydroxyl groups excluding tert-OH is 1. The van der Waals surface area contributed by atoms with Gasteiger partial charge in [-0.1, -0.05) is 30.3 Å². The van der Waals surface area contributed by atoms with Crippen LogP contribution in [0.1, 0.15) is 24.3 Å². The summed E-state index contributed by atoms with van der Waals surface area (Å²) in [4.78, 5) is 23.0. The summed E-state index contributed by atoms with van der Waals surface area (Å²) in [6.07, 6.45) is 0.590. The molecule has 90 valence electrons. The average molecular weight is 234 g/mol. The highest BCUT2D eigenvalue weighted by Gasteiger charge is 2.43. The van der Waals surface area contributed by atoms with Crippen LogP contribution in [0.25, 0.3) is 0 Å². The fraction of sp³-hybridized carbons (Fsp3) is 0.385. The van der Waals surface area contributed by atoms with Crippen LogP contribution in [0, 0.1) is 0 Å².